The van der Waals surface area contributed by atoms with Crippen LogP contribution < -0.4 is 10.6 Å². The standard InChI is InChI=1S/C22H36N2O4/c1-14(2)28-20(26)19(6-4-5-7-23-15(3)25)24-21(27)22-11-16-8-17(12-22)10-18(9-16)13-22/h14,16-19H,4-13H2,1-3H3,(H,23,25)(H,24,27)/t16?,17?,18?,19-,22?/m0/s1. The summed E-state index contributed by atoms with van der Waals surface area (Å²) in [5, 5.41) is 5.85. The van der Waals surface area contributed by atoms with E-state index in [-0.39, 0.29) is 29.3 Å². The van der Waals surface area contributed by atoms with E-state index < -0.39 is 6.04 Å². The normalized spacial score (nSPS) is 31.5. The van der Waals surface area contributed by atoms with Crippen molar-refractivity contribution in [1.29, 1.82) is 0 Å². The third-order valence-electron chi connectivity index (χ3n) is 6.76. The van der Waals surface area contributed by atoms with Gasteiger partial charge >= 0.3 is 5.97 Å². The average molecular weight is 393 g/mol. The minimum absolute atomic E-state index is 0.0501. The number of hydrogen-bond acceptors (Lipinski definition) is 4. The fraction of sp³-hybridized carbons (Fsp3) is 0.864. The number of carbonyl (C=O) groups is 3. The lowest BCUT2D eigenvalue weighted by Crippen LogP contribution is -2.56. The van der Waals surface area contributed by atoms with Gasteiger partial charge in [-0.1, -0.05) is 0 Å². The third kappa shape index (κ3) is 5.06. The summed E-state index contributed by atoms with van der Waals surface area (Å²) in [7, 11) is 0. The zero-order valence-corrected chi connectivity index (χ0v) is 17.6. The summed E-state index contributed by atoms with van der Waals surface area (Å²) in [6, 6.07) is -0.597. The molecule has 4 aliphatic rings. The van der Waals surface area contributed by atoms with Crippen LogP contribution in [0.5, 0.6) is 0 Å². The summed E-state index contributed by atoms with van der Waals surface area (Å²) in [5.74, 6) is 1.75. The van der Waals surface area contributed by atoms with E-state index in [0.717, 1.165) is 32.1 Å². The average Bonchev–Trinajstić information content (AvgIpc) is 2.58. The van der Waals surface area contributed by atoms with Gasteiger partial charge in [-0.25, -0.2) is 4.79 Å². The van der Waals surface area contributed by atoms with Crippen molar-refractivity contribution < 1.29 is 19.1 Å². The Labute approximate surface area is 168 Å². The van der Waals surface area contributed by atoms with E-state index in [2.05, 4.69) is 10.6 Å². The molecular formula is C22H36N2O4. The molecule has 1 atom stereocenters. The second-order valence-corrected chi connectivity index (χ2v) is 9.69. The number of rotatable bonds is 9. The molecule has 0 radical (unpaired) electrons. The highest BCUT2D eigenvalue weighted by Gasteiger charge is 2.55. The van der Waals surface area contributed by atoms with Gasteiger partial charge in [-0.2, -0.15) is 0 Å². The Bertz CT molecular complexity index is 566. The molecule has 4 rings (SSSR count). The highest BCUT2D eigenvalue weighted by atomic mass is 16.5. The van der Waals surface area contributed by atoms with Crippen LogP contribution in [0.4, 0.5) is 0 Å². The van der Waals surface area contributed by atoms with Crippen molar-refractivity contribution in [2.45, 2.75) is 90.7 Å². The second-order valence-electron chi connectivity index (χ2n) is 9.69. The molecule has 4 fully saturated rings. The Hall–Kier alpha value is -1.59. The Kier molecular flexibility index (Phi) is 6.66. The molecule has 4 saturated carbocycles. The van der Waals surface area contributed by atoms with Gasteiger partial charge < -0.3 is 15.4 Å². The van der Waals surface area contributed by atoms with Crippen LogP contribution in [0.15, 0.2) is 0 Å². The maximum absolute atomic E-state index is 13.3. The number of unbranched alkanes of at least 4 members (excludes halogenated alkanes) is 1. The molecule has 2 amide bonds. The van der Waals surface area contributed by atoms with E-state index in [1.807, 2.05) is 13.8 Å². The molecule has 0 unspecified atom stereocenters. The van der Waals surface area contributed by atoms with Crippen LogP contribution in [0.3, 0.4) is 0 Å². The van der Waals surface area contributed by atoms with Gasteiger partial charge in [0, 0.05) is 18.9 Å². The Morgan fingerprint density at radius 2 is 1.57 bits per heavy atom. The number of amides is 2. The van der Waals surface area contributed by atoms with Gasteiger partial charge in [0.15, 0.2) is 0 Å². The molecule has 0 aliphatic heterocycles. The summed E-state index contributed by atoms with van der Waals surface area (Å²) in [5.41, 5.74) is -0.263. The summed E-state index contributed by atoms with van der Waals surface area (Å²) < 4.78 is 5.40. The molecule has 0 spiro atoms. The number of carbonyl (C=O) groups excluding carboxylic acids is 3. The van der Waals surface area contributed by atoms with Crippen LogP contribution in [0.1, 0.15) is 78.6 Å². The first-order valence-corrected chi connectivity index (χ1v) is 11.0. The number of ether oxygens (including phenoxy) is 1. The third-order valence-corrected chi connectivity index (χ3v) is 6.76. The number of nitrogens with one attached hydrogen (secondary N) is 2. The van der Waals surface area contributed by atoms with Crippen molar-refractivity contribution in [3.05, 3.63) is 0 Å². The van der Waals surface area contributed by atoms with Crippen LogP contribution in [-0.2, 0) is 19.1 Å². The number of hydrogen-bond donors (Lipinski definition) is 2. The quantitative estimate of drug-likeness (QED) is 0.467. The molecule has 0 aromatic heterocycles. The lowest BCUT2D eigenvalue weighted by molar-refractivity contribution is -0.156. The summed E-state index contributed by atoms with van der Waals surface area (Å²) in [6.45, 7) is 5.73. The van der Waals surface area contributed by atoms with Gasteiger partial charge in [-0.05, 0) is 89.4 Å². The first-order chi connectivity index (χ1) is 13.3. The molecule has 28 heavy (non-hydrogen) atoms. The molecule has 0 aromatic carbocycles. The molecule has 0 aromatic rings. The Morgan fingerprint density at radius 1 is 1.00 bits per heavy atom. The molecule has 4 aliphatic carbocycles. The lowest BCUT2D eigenvalue weighted by atomic mass is 9.49. The molecule has 6 heteroatoms. The van der Waals surface area contributed by atoms with Gasteiger partial charge in [-0.3, -0.25) is 9.59 Å². The van der Waals surface area contributed by atoms with E-state index in [1.165, 1.54) is 26.2 Å². The first-order valence-electron chi connectivity index (χ1n) is 11.0. The van der Waals surface area contributed by atoms with Gasteiger partial charge in [-0.15, -0.1) is 0 Å². The van der Waals surface area contributed by atoms with Crippen LogP contribution >= 0.6 is 0 Å². The van der Waals surface area contributed by atoms with Crippen molar-refractivity contribution in [3.8, 4) is 0 Å². The van der Waals surface area contributed by atoms with Crippen LogP contribution in [0.25, 0.3) is 0 Å². The minimum Gasteiger partial charge on any atom is -0.461 e. The van der Waals surface area contributed by atoms with Crippen molar-refractivity contribution in [2.75, 3.05) is 6.54 Å². The predicted octanol–water partition coefficient (Wildman–Crippen LogP) is 2.95. The zero-order chi connectivity index (χ0) is 20.3. The van der Waals surface area contributed by atoms with E-state index in [1.54, 1.807) is 0 Å². The summed E-state index contributed by atoms with van der Waals surface area (Å²) in [6.07, 6.45) is 8.68. The predicted molar refractivity (Wildman–Crippen MR) is 106 cm³/mol. The van der Waals surface area contributed by atoms with Crippen LogP contribution in [0.2, 0.25) is 0 Å². The molecule has 6 nitrogen and oxygen atoms in total. The van der Waals surface area contributed by atoms with Crippen molar-refractivity contribution in [3.63, 3.8) is 0 Å². The molecular weight excluding hydrogens is 356 g/mol. The largest absolute Gasteiger partial charge is 0.461 e. The van der Waals surface area contributed by atoms with Gasteiger partial charge in [0.1, 0.15) is 6.04 Å². The fourth-order valence-corrected chi connectivity index (χ4v) is 6.00. The van der Waals surface area contributed by atoms with Crippen molar-refractivity contribution in [2.24, 2.45) is 23.2 Å². The van der Waals surface area contributed by atoms with Crippen molar-refractivity contribution in [1.82, 2.24) is 10.6 Å². The molecule has 4 bridgehead atoms. The topological polar surface area (TPSA) is 84.5 Å². The van der Waals surface area contributed by atoms with Gasteiger partial charge in [0.05, 0.1) is 6.10 Å². The summed E-state index contributed by atoms with van der Waals surface area (Å²) in [4.78, 5) is 36.9. The molecule has 0 heterocycles. The monoisotopic (exact) mass is 392 g/mol. The Morgan fingerprint density at radius 3 is 2.07 bits per heavy atom. The smallest absolute Gasteiger partial charge is 0.328 e. The lowest BCUT2D eigenvalue weighted by Gasteiger charge is -2.55. The highest BCUT2D eigenvalue weighted by molar-refractivity contribution is 5.88. The molecule has 0 saturated heterocycles. The van der Waals surface area contributed by atoms with Crippen molar-refractivity contribution >= 4 is 17.8 Å². The first kappa shape index (κ1) is 21.1. The van der Waals surface area contributed by atoms with E-state index in [9.17, 15) is 14.4 Å². The maximum atomic E-state index is 13.3. The Balaban J connectivity index is 1.59. The van der Waals surface area contributed by atoms with Gasteiger partial charge in [0.2, 0.25) is 11.8 Å². The highest BCUT2D eigenvalue weighted by Crippen LogP contribution is 2.60. The maximum Gasteiger partial charge on any atom is 0.328 e. The minimum atomic E-state index is -0.597. The van der Waals surface area contributed by atoms with Crippen LogP contribution in [-0.4, -0.2) is 36.5 Å². The van der Waals surface area contributed by atoms with E-state index in [4.69, 9.17) is 4.74 Å². The van der Waals surface area contributed by atoms with E-state index in [0.29, 0.717) is 30.7 Å². The van der Waals surface area contributed by atoms with Gasteiger partial charge in [0.25, 0.3) is 0 Å². The number of esters is 1. The zero-order valence-electron chi connectivity index (χ0n) is 17.6. The SMILES string of the molecule is CC(=O)NCCCC[C@H](NC(=O)C12CC3CC(CC(C3)C1)C2)C(=O)OC(C)C. The summed E-state index contributed by atoms with van der Waals surface area (Å²) >= 11 is 0. The second kappa shape index (κ2) is 8.83. The van der Waals surface area contributed by atoms with Crippen LogP contribution in [0, 0.1) is 23.2 Å². The molecule has 2 N–H and O–H groups in total. The fourth-order valence-electron chi connectivity index (χ4n) is 6.00. The van der Waals surface area contributed by atoms with E-state index >= 15 is 0 Å². The molecule has 158 valence electrons.